The van der Waals surface area contributed by atoms with Gasteiger partial charge in [0.05, 0.1) is 11.3 Å². The van der Waals surface area contributed by atoms with Crippen molar-refractivity contribution in [3.63, 3.8) is 0 Å². The van der Waals surface area contributed by atoms with Crippen LogP contribution >= 0.6 is 11.3 Å². The lowest BCUT2D eigenvalue weighted by Gasteiger charge is -2.15. The van der Waals surface area contributed by atoms with Crippen molar-refractivity contribution >= 4 is 28.7 Å². The van der Waals surface area contributed by atoms with Crippen LogP contribution in [0, 0.1) is 5.82 Å². The highest BCUT2D eigenvalue weighted by Crippen LogP contribution is 2.29. The molecule has 0 bridgehead atoms. The van der Waals surface area contributed by atoms with E-state index in [1.54, 1.807) is 11.3 Å². The SMILES string of the molecule is O=C1C(=O)N(CCc2cccs2)c2ccc(F)cc21. The fourth-order valence-corrected chi connectivity index (χ4v) is 2.87. The van der Waals surface area contributed by atoms with Crippen molar-refractivity contribution in [1.82, 2.24) is 0 Å². The van der Waals surface area contributed by atoms with E-state index in [4.69, 9.17) is 0 Å². The Morgan fingerprint density at radius 3 is 2.79 bits per heavy atom. The number of amides is 1. The highest BCUT2D eigenvalue weighted by atomic mass is 32.1. The Morgan fingerprint density at radius 2 is 2.05 bits per heavy atom. The van der Waals surface area contributed by atoms with Crippen molar-refractivity contribution < 1.29 is 14.0 Å². The number of carbonyl (C=O) groups is 2. The molecule has 0 saturated heterocycles. The molecule has 1 aromatic carbocycles. The zero-order valence-electron chi connectivity index (χ0n) is 9.93. The van der Waals surface area contributed by atoms with E-state index in [1.165, 1.54) is 17.0 Å². The highest BCUT2D eigenvalue weighted by Gasteiger charge is 2.35. The molecule has 0 radical (unpaired) electrons. The molecular formula is C14H10FNO2S. The summed E-state index contributed by atoms with van der Waals surface area (Å²) in [5.41, 5.74) is 0.670. The molecule has 1 aliphatic heterocycles. The van der Waals surface area contributed by atoms with Crippen LogP contribution in [-0.4, -0.2) is 18.2 Å². The van der Waals surface area contributed by atoms with Gasteiger partial charge in [0.15, 0.2) is 0 Å². The Hall–Kier alpha value is -2.01. The molecule has 0 saturated carbocycles. The first kappa shape index (κ1) is 12.0. The van der Waals surface area contributed by atoms with Crippen LogP contribution in [0.3, 0.4) is 0 Å². The highest BCUT2D eigenvalue weighted by molar-refractivity contribution is 7.09. The van der Waals surface area contributed by atoms with E-state index in [-0.39, 0.29) is 5.56 Å². The van der Waals surface area contributed by atoms with E-state index in [2.05, 4.69) is 0 Å². The first-order valence-corrected chi connectivity index (χ1v) is 6.73. The molecule has 0 spiro atoms. The number of nitrogens with zero attached hydrogens (tertiary/aromatic N) is 1. The molecule has 1 aromatic heterocycles. The molecule has 5 heteroatoms. The van der Waals surface area contributed by atoms with E-state index in [0.29, 0.717) is 18.7 Å². The standard InChI is InChI=1S/C14H10FNO2S/c15-9-3-4-12-11(8-9)13(17)14(18)16(12)6-5-10-2-1-7-19-10/h1-4,7-8H,5-6H2. The topological polar surface area (TPSA) is 37.4 Å². The van der Waals surface area contributed by atoms with Gasteiger partial charge in [-0.25, -0.2) is 4.39 Å². The second-order valence-corrected chi connectivity index (χ2v) is 5.31. The number of thiophene rings is 1. The van der Waals surface area contributed by atoms with Crippen molar-refractivity contribution in [2.24, 2.45) is 0 Å². The van der Waals surface area contributed by atoms with Crippen LogP contribution in [0.1, 0.15) is 15.2 Å². The summed E-state index contributed by atoms with van der Waals surface area (Å²) in [4.78, 5) is 26.2. The molecule has 0 aliphatic carbocycles. The van der Waals surface area contributed by atoms with Gasteiger partial charge in [-0.3, -0.25) is 9.59 Å². The lowest BCUT2D eigenvalue weighted by atomic mass is 10.1. The fraction of sp³-hybridized carbons (Fsp3) is 0.143. The lowest BCUT2D eigenvalue weighted by molar-refractivity contribution is -0.114. The van der Waals surface area contributed by atoms with Crippen molar-refractivity contribution in [1.29, 1.82) is 0 Å². The molecule has 2 aromatic rings. The number of anilines is 1. The van der Waals surface area contributed by atoms with Crippen LogP contribution in [-0.2, 0) is 11.2 Å². The number of halogens is 1. The number of benzene rings is 1. The molecule has 3 nitrogen and oxygen atoms in total. The monoisotopic (exact) mass is 275 g/mol. The Kier molecular flexibility index (Phi) is 2.91. The number of carbonyl (C=O) groups excluding carboxylic acids is 2. The van der Waals surface area contributed by atoms with Crippen LogP contribution < -0.4 is 4.90 Å². The molecule has 96 valence electrons. The minimum atomic E-state index is -0.624. The molecular weight excluding hydrogens is 265 g/mol. The van der Waals surface area contributed by atoms with Gasteiger partial charge in [0.25, 0.3) is 11.7 Å². The number of hydrogen-bond donors (Lipinski definition) is 0. The summed E-state index contributed by atoms with van der Waals surface area (Å²) in [6.07, 6.45) is 0.688. The van der Waals surface area contributed by atoms with Crippen molar-refractivity contribution in [2.45, 2.75) is 6.42 Å². The molecule has 2 heterocycles. The third-order valence-corrected chi connectivity index (χ3v) is 4.03. The predicted molar refractivity (Wildman–Crippen MR) is 71.1 cm³/mol. The summed E-state index contributed by atoms with van der Waals surface area (Å²) in [6, 6.07) is 7.81. The van der Waals surface area contributed by atoms with E-state index < -0.39 is 17.5 Å². The second-order valence-electron chi connectivity index (χ2n) is 4.28. The summed E-state index contributed by atoms with van der Waals surface area (Å²) >= 11 is 1.61. The van der Waals surface area contributed by atoms with Gasteiger partial charge in [-0.2, -0.15) is 0 Å². The van der Waals surface area contributed by atoms with E-state index in [0.717, 1.165) is 10.9 Å². The van der Waals surface area contributed by atoms with Crippen LogP contribution in [0.15, 0.2) is 35.7 Å². The van der Waals surface area contributed by atoms with E-state index in [9.17, 15) is 14.0 Å². The maximum absolute atomic E-state index is 13.1. The van der Waals surface area contributed by atoms with Gasteiger partial charge in [0.1, 0.15) is 5.82 Å². The van der Waals surface area contributed by atoms with Crippen molar-refractivity contribution in [3.05, 3.63) is 52.0 Å². The van der Waals surface area contributed by atoms with Gasteiger partial charge in [0.2, 0.25) is 0 Å². The molecule has 0 fully saturated rings. The molecule has 1 amide bonds. The largest absolute Gasteiger partial charge is 0.304 e. The maximum Gasteiger partial charge on any atom is 0.299 e. The third kappa shape index (κ3) is 2.06. The Balaban J connectivity index is 1.87. The number of Topliss-reactive ketones (excluding diaryl/α,β-unsaturated/α-hetero) is 1. The zero-order valence-corrected chi connectivity index (χ0v) is 10.7. The molecule has 0 N–H and O–H groups in total. The molecule has 1 aliphatic rings. The van der Waals surface area contributed by atoms with Gasteiger partial charge >= 0.3 is 0 Å². The van der Waals surface area contributed by atoms with Gasteiger partial charge < -0.3 is 4.90 Å². The van der Waals surface area contributed by atoms with Crippen LogP contribution in [0.25, 0.3) is 0 Å². The smallest absolute Gasteiger partial charge is 0.299 e. The summed E-state index contributed by atoms with van der Waals surface area (Å²) in [5.74, 6) is -1.70. The summed E-state index contributed by atoms with van der Waals surface area (Å²) in [6.45, 7) is 0.434. The zero-order chi connectivity index (χ0) is 13.4. The Morgan fingerprint density at radius 1 is 1.21 bits per heavy atom. The lowest BCUT2D eigenvalue weighted by Crippen LogP contribution is -2.31. The quantitative estimate of drug-likeness (QED) is 0.808. The van der Waals surface area contributed by atoms with Gasteiger partial charge in [-0.15, -0.1) is 11.3 Å². The molecule has 0 unspecified atom stereocenters. The average Bonchev–Trinajstić information content (AvgIpc) is 2.98. The van der Waals surface area contributed by atoms with Gasteiger partial charge in [-0.1, -0.05) is 6.07 Å². The Labute approximate surface area is 113 Å². The van der Waals surface area contributed by atoms with E-state index >= 15 is 0 Å². The van der Waals surface area contributed by atoms with Crippen molar-refractivity contribution in [2.75, 3.05) is 11.4 Å². The predicted octanol–water partition coefficient (Wildman–Crippen LogP) is 2.66. The van der Waals surface area contributed by atoms with Crippen molar-refractivity contribution in [3.8, 4) is 0 Å². The number of hydrogen-bond acceptors (Lipinski definition) is 3. The van der Waals surface area contributed by atoms with Crippen LogP contribution in [0.4, 0.5) is 10.1 Å². The minimum absolute atomic E-state index is 0.163. The summed E-state index contributed by atoms with van der Waals surface area (Å²) < 4.78 is 13.1. The maximum atomic E-state index is 13.1. The number of fused-ring (bicyclic) bond motifs is 1. The third-order valence-electron chi connectivity index (χ3n) is 3.10. The van der Waals surface area contributed by atoms with Gasteiger partial charge in [-0.05, 0) is 36.1 Å². The second kappa shape index (κ2) is 4.59. The summed E-state index contributed by atoms with van der Waals surface area (Å²) in [5, 5.41) is 1.97. The Bertz CT molecular complexity index is 651. The fourth-order valence-electron chi connectivity index (χ4n) is 2.17. The average molecular weight is 275 g/mol. The first-order chi connectivity index (χ1) is 9.16. The van der Waals surface area contributed by atoms with E-state index in [1.807, 2.05) is 17.5 Å². The van der Waals surface area contributed by atoms with Gasteiger partial charge in [0, 0.05) is 11.4 Å². The number of ketones is 1. The molecule has 3 rings (SSSR count). The summed E-state index contributed by atoms with van der Waals surface area (Å²) in [7, 11) is 0. The number of rotatable bonds is 3. The first-order valence-electron chi connectivity index (χ1n) is 5.85. The van der Waals surface area contributed by atoms with Crippen LogP contribution in [0.5, 0.6) is 0 Å². The normalized spacial score (nSPS) is 14.1. The molecule has 0 atom stereocenters. The minimum Gasteiger partial charge on any atom is -0.304 e. The van der Waals surface area contributed by atoms with Crippen LogP contribution in [0.2, 0.25) is 0 Å². The molecule has 19 heavy (non-hydrogen) atoms.